The van der Waals surface area contributed by atoms with Crippen LogP contribution in [0.2, 0.25) is 5.02 Å². The van der Waals surface area contributed by atoms with E-state index in [1.54, 1.807) is 24.3 Å². The zero-order valence-electron chi connectivity index (χ0n) is 10.0. The van der Waals surface area contributed by atoms with E-state index in [-0.39, 0.29) is 16.4 Å². The lowest BCUT2D eigenvalue weighted by Gasteiger charge is -2.03. The first-order chi connectivity index (χ1) is 9.04. The lowest BCUT2D eigenvalue weighted by molar-refractivity contribution is 0.322. The second-order valence-corrected chi connectivity index (χ2v) is 5.19. The number of halogens is 1. The summed E-state index contributed by atoms with van der Waals surface area (Å²) < 4.78 is 1.34. The molecule has 0 fully saturated rings. The molecule has 0 aliphatic carbocycles. The van der Waals surface area contributed by atoms with Crippen molar-refractivity contribution in [3.05, 3.63) is 50.9 Å². The highest BCUT2D eigenvalue weighted by Crippen LogP contribution is 2.20. The largest absolute Gasteiger partial charge is 0.411 e. The average Bonchev–Trinajstić information content (AvgIpc) is 2.68. The van der Waals surface area contributed by atoms with E-state index >= 15 is 0 Å². The molecule has 1 heterocycles. The predicted octanol–water partition coefficient (Wildman–Crippen LogP) is 2.62. The standard InChI is InChI=1S/C12H12ClN3O2S/c1-7(19)11-10(6-14-18)12(17)16(15-11)9-4-2-3-8(13)5-9/h2-7,15,18-19H,1H3. The number of nitrogens with one attached hydrogen (secondary N) is 1. The minimum absolute atomic E-state index is 0.207. The fourth-order valence-corrected chi connectivity index (χ4v) is 2.15. The molecule has 0 bridgehead atoms. The summed E-state index contributed by atoms with van der Waals surface area (Å²) in [5.41, 5.74) is 1.12. The fourth-order valence-electron chi connectivity index (χ4n) is 1.77. The molecular formula is C12H12ClN3O2S. The van der Waals surface area contributed by atoms with Gasteiger partial charge >= 0.3 is 0 Å². The van der Waals surface area contributed by atoms with Crippen LogP contribution in [0.15, 0.2) is 34.2 Å². The minimum Gasteiger partial charge on any atom is -0.411 e. The van der Waals surface area contributed by atoms with Gasteiger partial charge in [-0.3, -0.25) is 9.89 Å². The van der Waals surface area contributed by atoms with Crippen molar-refractivity contribution in [2.45, 2.75) is 12.2 Å². The van der Waals surface area contributed by atoms with Crippen LogP contribution in [0.1, 0.15) is 23.4 Å². The van der Waals surface area contributed by atoms with Crippen molar-refractivity contribution in [2.75, 3.05) is 0 Å². The van der Waals surface area contributed by atoms with Crippen LogP contribution in [0.25, 0.3) is 5.69 Å². The van der Waals surface area contributed by atoms with Gasteiger partial charge in [-0.15, -0.1) is 0 Å². The molecule has 1 aromatic heterocycles. The van der Waals surface area contributed by atoms with E-state index in [1.807, 2.05) is 6.92 Å². The number of aromatic nitrogens is 2. The number of H-pyrrole nitrogens is 1. The van der Waals surface area contributed by atoms with E-state index in [2.05, 4.69) is 22.9 Å². The summed E-state index contributed by atoms with van der Waals surface area (Å²) in [6.07, 6.45) is 1.10. The highest BCUT2D eigenvalue weighted by Gasteiger charge is 2.16. The molecular weight excluding hydrogens is 286 g/mol. The monoisotopic (exact) mass is 297 g/mol. The summed E-state index contributed by atoms with van der Waals surface area (Å²) in [7, 11) is 0. The zero-order chi connectivity index (χ0) is 14.0. The van der Waals surface area contributed by atoms with Crippen LogP contribution in [-0.2, 0) is 0 Å². The smallest absolute Gasteiger partial charge is 0.280 e. The van der Waals surface area contributed by atoms with Crippen molar-refractivity contribution in [2.24, 2.45) is 5.16 Å². The maximum Gasteiger partial charge on any atom is 0.280 e. The fraction of sp³-hybridized carbons (Fsp3) is 0.167. The number of hydrogen-bond donors (Lipinski definition) is 3. The van der Waals surface area contributed by atoms with Gasteiger partial charge in [0.15, 0.2) is 0 Å². The van der Waals surface area contributed by atoms with E-state index in [4.69, 9.17) is 16.8 Å². The molecule has 7 heteroatoms. The highest BCUT2D eigenvalue weighted by molar-refractivity contribution is 7.80. The third kappa shape index (κ3) is 2.69. The average molecular weight is 298 g/mol. The molecule has 1 unspecified atom stereocenters. The Morgan fingerprint density at radius 3 is 2.89 bits per heavy atom. The van der Waals surface area contributed by atoms with Crippen LogP contribution in [0.5, 0.6) is 0 Å². The molecule has 0 radical (unpaired) electrons. The lowest BCUT2D eigenvalue weighted by atomic mass is 10.2. The zero-order valence-corrected chi connectivity index (χ0v) is 11.7. The van der Waals surface area contributed by atoms with E-state index < -0.39 is 0 Å². The molecule has 0 spiro atoms. The van der Waals surface area contributed by atoms with Gasteiger partial charge in [0.25, 0.3) is 5.56 Å². The topological polar surface area (TPSA) is 70.4 Å². The quantitative estimate of drug-likeness (QED) is 0.353. The number of hydrogen-bond acceptors (Lipinski definition) is 4. The maximum absolute atomic E-state index is 12.2. The first kappa shape index (κ1) is 13.8. The molecule has 2 rings (SSSR count). The van der Waals surface area contributed by atoms with E-state index in [9.17, 15) is 4.79 Å². The highest BCUT2D eigenvalue weighted by atomic mass is 35.5. The van der Waals surface area contributed by atoms with Crippen molar-refractivity contribution < 1.29 is 5.21 Å². The summed E-state index contributed by atoms with van der Waals surface area (Å²) in [5.74, 6) is 0. The van der Waals surface area contributed by atoms with Gasteiger partial charge in [0.05, 0.1) is 23.2 Å². The first-order valence-corrected chi connectivity index (χ1v) is 6.40. The Hall–Kier alpha value is -1.66. The number of oxime groups is 1. The normalized spacial score (nSPS) is 13.0. The summed E-state index contributed by atoms with van der Waals surface area (Å²) in [5, 5.41) is 14.8. The van der Waals surface area contributed by atoms with Crippen molar-refractivity contribution >= 4 is 30.4 Å². The molecule has 0 aliphatic rings. The van der Waals surface area contributed by atoms with Crippen LogP contribution in [0.4, 0.5) is 0 Å². The van der Waals surface area contributed by atoms with E-state index in [0.29, 0.717) is 16.4 Å². The van der Waals surface area contributed by atoms with Gasteiger partial charge in [-0.25, -0.2) is 4.68 Å². The minimum atomic E-state index is -0.323. The van der Waals surface area contributed by atoms with Crippen molar-refractivity contribution in [3.8, 4) is 5.69 Å². The number of rotatable bonds is 3. The summed E-state index contributed by atoms with van der Waals surface area (Å²) >= 11 is 10.2. The third-order valence-electron chi connectivity index (χ3n) is 2.63. The van der Waals surface area contributed by atoms with Crippen LogP contribution in [0, 0.1) is 0 Å². The Labute approximate surface area is 119 Å². The second kappa shape index (κ2) is 5.54. The van der Waals surface area contributed by atoms with E-state index in [0.717, 1.165) is 6.21 Å². The van der Waals surface area contributed by atoms with Gasteiger partial charge in [-0.2, -0.15) is 12.6 Å². The van der Waals surface area contributed by atoms with Gasteiger partial charge < -0.3 is 5.21 Å². The van der Waals surface area contributed by atoms with Crippen molar-refractivity contribution in [1.82, 2.24) is 9.78 Å². The summed E-state index contributed by atoms with van der Waals surface area (Å²) in [6.45, 7) is 1.81. The number of aromatic amines is 1. The second-order valence-electron chi connectivity index (χ2n) is 3.98. The number of nitrogens with zero attached hydrogens (tertiary/aromatic N) is 2. The molecule has 2 N–H and O–H groups in total. The number of benzene rings is 1. The maximum atomic E-state index is 12.2. The van der Waals surface area contributed by atoms with Crippen LogP contribution in [0.3, 0.4) is 0 Å². The van der Waals surface area contributed by atoms with Crippen molar-refractivity contribution in [1.29, 1.82) is 0 Å². The summed E-state index contributed by atoms with van der Waals surface area (Å²) in [6, 6.07) is 6.87. The Bertz CT molecular complexity index is 676. The van der Waals surface area contributed by atoms with Crippen LogP contribution in [-0.4, -0.2) is 21.2 Å². The molecule has 100 valence electrons. The molecule has 0 saturated carbocycles. The molecule has 0 aliphatic heterocycles. The van der Waals surface area contributed by atoms with Crippen LogP contribution >= 0.6 is 24.2 Å². The molecule has 5 nitrogen and oxygen atoms in total. The van der Waals surface area contributed by atoms with Crippen molar-refractivity contribution in [3.63, 3.8) is 0 Å². The Balaban J connectivity index is 2.66. The first-order valence-electron chi connectivity index (χ1n) is 5.51. The van der Waals surface area contributed by atoms with Gasteiger partial charge in [-0.05, 0) is 25.1 Å². The van der Waals surface area contributed by atoms with Gasteiger partial charge in [0.2, 0.25) is 0 Å². The molecule has 1 aromatic carbocycles. The summed E-state index contributed by atoms with van der Waals surface area (Å²) in [4.78, 5) is 12.2. The molecule has 0 saturated heterocycles. The van der Waals surface area contributed by atoms with Gasteiger partial charge in [-0.1, -0.05) is 22.8 Å². The SMILES string of the molecule is CC(S)c1[nH]n(-c2cccc(Cl)c2)c(=O)c1C=NO. The Morgan fingerprint density at radius 2 is 2.32 bits per heavy atom. The lowest BCUT2D eigenvalue weighted by Crippen LogP contribution is -2.17. The molecule has 0 amide bonds. The number of thiol groups is 1. The van der Waals surface area contributed by atoms with E-state index in [1.165, 1.54) is 4.68 Å². The molecule has 1 atom stereocenters. The predicted molar refractivity (Wildman–Crippen MR) is 78.2 cm³/mol. The third-order valence-corrected chi connectivity index (χ3v) is 3.12. The Kier molecular flexibility index (Phi) is 4.01. The molecule has 2 aromatic rings. The molecule has 19 heavy (non-hydrogen) atoms. The van der Waals surface area contributed by atoms with Gasteiger partial charge in [0, 0.05) is 10.3 Å². The van der Waals surface area contributed by atoms with Crippen LogP contribution < -0.4 is 5.56 Å². The Morgan fingerprint density at radius 1 is 1.58 bits per heavy atom. The van der Waals surface area contributed by atoms with Gasteiger partial charge in [0.1, 0.15) is 0 Å².